The molecule has 162 valence electrons. The first-order valence-corrected chi connectivity index (χ1v) is 10.1. The second-order valence-electron chi connectivity index (χ2n) is 5.96. The first kappa shape index (κ1) is 23.5. The van der Waals surface area contributed by atoms with E-state index in [1.165, 1.54) is 50.5 Å². The maximum absolute atomic E-state index is 12.2. The summed E-state index contributed by atoms with van der Waals surface area (Å²) in [6.07, 6.45) is 0. The minimum atomic E-state index is -3.64. The van der Waals surface area contributed by atoms with Crippen molar-refractivity contribution >= 4 is 39.2 Å². The summed E-state index contributed by atoms with van der Waals surface area (Å²) in [6, 6.07) is 8.65. The van der Waals surface area contributed by atoms with Gasteiger partial charge in [0.1, 0.15) is 5.75 Å². The predicted molar refractivity (Wildman–Crippen MR) is 104 cm³/mol. The van der Waals surface area contributed by atoms with Crippen LogP contribution in [0.15, 0.2) is 47.4 Å². The molecule has 0 atom stereocenters. The minimum absolute atomic E-state index is 0.00191. The second-order valence-corrected chi connectivity index (χ2v) is 8.52. The van der Waals surface area contributed by atoms with Gasteiger partial charge in [0.2, 0.25) is 10.0 Å². The van der Waals surface area contributed by atoms with Crippen LogP contribution >= 0.6 is 11.6 Å². The average molecular weight is 463 g/mol. The number of alkyl halides is 2. The monoisotopic (exact) mass is 462 g/mol. The Morgan fingerprint density at radius 1 is 1.13 bits per heavy atom. The van der Waals surface area contributed by atoms with Gasteiger partial charge < -0.3 is 14.8 Å². The highest BCUT2D eigenvalue weighted by molar-refractivity contribution is 7.89. The topological polar surface area (TPSA) is 102 Å². The molecule has 0 aliphatic heterocycles. The molecule has 30 heavy (non-hydrogen) atoms. The van der Waals surface area contributed by atoms with Crippen LogP contribution in [0.4, 0.5) is 14.5 Å². The zero-order valence-electron chi connectivity index (χ0n) is 15.8. The van der Waals surface area contributed by atoms with Crippen LogP contribution in [-0.2, 0) is 19.6 Å². The Labute approximate surface area is 176 Å². The molecule has 0 unspecified atom stereocenters. The summed E-state index contributed by atoms with van der Waals surface area (Å²) in [5, 5.41) is 2.24. The van der Waals surface area contributed by atoms with Gasteiger partial charge in [-0.05, 0) is 42.5 Å². The molecule has 12 heteroatoms. The quantitative estimate of drug-likeness (QED) is 0.605. The number of rotatable bonds is 8. The van der Waals surface area contributed by atoms with E-state index in [4.69, 9.17) is 16.3 Å². The molecule has 0 aromatic heterocycles. The molecule has 0 saturated heterocycles. The third-order valence-corrected chi connectivity index (χ3v) is 5.76. The van der Waals surface area contributed by atoms with Gasteiger partial charge in [0, 0.05) is 19.8 Å². The maximum Gasteiger partial charge on any atom is 0.387 e. The average Bonchev–Trinajstić information content (AvgIpc) is 2.68. The SMILES string of the molecule is CN(C)S(=O)(=O)c1ccc(C(=O)OCC(=O)Nc2ccc(OC(F)F)c(Cl)c2)cc1. The number of amides is 1. The van der Waals surface area contributed by atoms with Crippen molar-refractivity contribution in [1.82, 2.24) is 4.31 Å². The van der Waals surface area contributed by atoms with Crippen LogP contribution in [0.2, 0.25) is 5.02 Å². The highest BCUT2D eigenvalue weighted by Crippen LogP contribution is 2.28. The molecule has 8 nitrogen and oxygen atoms in total. The molecule has 2 rings (SSSR count). The Kier molecular flexibility index (Phi) is 7.71. The van der Waals surface area contributed by atoms with Crippen molar-refractivity contribution in [3.05, 3.63) is 53.1 Å². The van der Waals surface area contributed by atoms with Gasteiger partial charge in [0.05, 0.1) is 15.5 Å². The van der Waals surface area contributed by atoms with Gasteiger partial charge >= 0.3 is 12.6 Å². The Hall–Kier alpha value is -2.76. The van der Waals surface area contributed by atoms with Crippen LogP contribution in [0.5, 0.6) is 5.75 Å². The summed E-state index contributed by atoms with van der Waals surface area (Å²) < 4.78 is 58.5. The standard InChI is InChI=1S/C18H17ClF2N2O6S/c1-23(2)30(26,27)13-6-3-11(4-7-13)17(25)28-10-16(24)22-12-5-8-15(14(19)9-12)29-18(20)21/h3-9,18H,10H2,1-2H3,(H,22,24). The molecular formula is C18H17ClF2N2O6S. The van der Waals surface area contributed by atoms with E-state index in [0.717, 1.165) is 10.4 Å². The number of benzene rings is 2. The van der Waals surface area contributed by atoms with Crippen LogP contribution in [0.1, 0.15) is 10.4 Å². The van der Waals surface area contributed by atoms with Crippen LogP contribution in [0.25, 0.3) is 0 Å². The van der Waals surface area contributed by atoms with E-state index in [1.54, 1.807) is 0 Å². The highest BCUT2D eigenvalue weighted by Gasteiger charge is 2.18. The molecule has 0 saturated carbocycles. The van der Waals surface area contributed by atoms with Crippen molar-refractivity contribution in [3.8, 4) is 5.75 Å². The van der Waals surface area contributed by atoms with Gasteiger partial charge in [-0.25, -0.2) is 17.5 Å². The minimum Gasteiger partial charge on any atom is -0.452 e. The van der Waals surface area contributed by atoms with E-state index in [0.29, 0.717) is 0 Å². The Bertz CT molecular complexity index is 1030. The molecule has 0 radical (unpaired) electrons. The van der Waals surface area contributed by atoms with Crippen molar-refractivity contribution in [2.24, 2.45) is 0 Å². The smallest absolute Gasteiger partial charge is 0.387 e. The lowest BCUT2D eigenvalue weighted by atomic mass is 10.2. The van der Waals surface area contributed by atoms with E-state index >= 15 is 0 Å². The van der Waals surface area contributed by atoms with Crippen LogP contribution in [0.3, 0.4) is 0 Å². The van der Waals surface area contributed by atoms with E-state index in [9.17, 15) is 26.8 Å². The number of halogens is 3. The molecule has 2 aromatic carbocycles. The Balaban J connectivity index is 1.93. The summed E-state index contributed by atoms with van der Waals surface area (Å²) in [4.78, 5) is 23.9. The molecular weight excluding hydrogens is 446 g/mol. The largest absolute Gasteiger partial charge is 0.452 e. The Morgan fingerprint density at radius 3 is 2.30 bits per heavy atom. The molecule has 0 bridgehead atoms. The van der Waals surface area contributed by atoms with Crippen LogP contribution in [-0.4, -0.2) is 51.9 Å². The summed E-state index contributed by atoms with van der Waals surface area (Å²) in [5.74, 6) is -1.79. The number of ether oxygens (including phenoxy) is 2. The number of hydrogen-bond donors (Lipinski definition) is 1. The molecule has 0 fully saturated rings. The number of nitrogens with zero attached hydrogens (tertiary/aromatic N) is 1. The molecule has 0 aliphatic rings. The van der Waals surface area contributed by atoms with Crippen LogP contribution in [0, 0.1) is 0 Å². The predicted octanol–water partition coefficient (Wildman–Crippen LogP) is 2.99. The number of nitrogens with one attached hydrogen (secondary N) is 1. The van der Waals surface area contributed by atoms with Gasteiger partial charge in [-0.15, -0.1) is 0 Å². The van der Waals surface area contributed by atoms with E-state index < -0.39 is 35.1 Å². The van der Waals surface area contributed by atoms with Gasteiger partial charge in [0.15, 0.2) is 6.61 Å². The number of anilines is 1. The molecule has 0 spiro atoms. The fourth-order valence-electron chi connectivity index (χ4n) is 2.16. The molecule has 1 amide bonds. The second kappa shape index (κ2) is 9.83. The lowest BCUT2D eigenvalue weighted by Crippen LogP contribution is -2.22. The first-order valence-electron chi connectivity index (χ1n) is 8.24. The number of carbonyl (C=O) groups is 2. The molecule has 1 N–H and O–H groups in total. The summed E-state index contributed by atoms with van der Waals surface area (Å²) in [6.45, 7) is -3.68. The fraction of sp³-hybridized carbons (Fsp3) is 0.222. The number of sulfonamides is 1. The number of carbonyl (C=O) groups excluding carboxylic acids is 2. The van der Waals surface area contributed by atoms with Crippen molar-refractivity contribution in [2.75, 3.05) is 26.0 Å². The summed E-state index contributed by atoms with van der Waals surface area (Å²) in [7, 11) is -0.882. The van der Waals surface area contributed by atoms with Crippen LogP contribution < -0.4 is 10.1 Å². The van der Waals surface area contributed by atoms with E-state index in [2.05, 4.69) is 10.1 Å². The van der Waals surface area contributed by atoms with E-state index in [1.807, 2.05) is 0 Å². The highest BCUT2D eigenvalue weighted by atomic mass is 35.5. The van der Waals surface area contributed by atoms with Crippen molar-refractivity contribution in [2.45, 2.75) is 11.5 Å². The normalized spacial score (nSPS) is 11.4. The Morgan fingerprint density at radius 2 is 1.77 bits per heavy atom. The third-order valence-electron chi connectivity index (χ3n) is 3.63. The van der Waals surface area contributed by atoms with Crippen molar-refractivity contribution in [1.29, 1.82) is 0 Å². The van der Waals surface area contributed by atoms with Crippen molar-refractivity contribution in [3.63, 3.8) is 0 Å². The lowest BCUT2D eigenvalue weighted by Gasteiger charge is -2.12. The summed E-state index contributed by atoms with van der Waals surface area (Å²) in [5.41, 5.74) is 0.234. The van der Waals surface area contributed by atoms with E-state index in [-0.39, 0.29) is 26.9 Å². The van der Waals surface area contributed by atoms with Gasteiger partial charge in [-0.2, -0.15) is 8.78 Å². The fourth-order valence-corrected chi connectivity index (χ4v) is 3.28. The first-order chi connectivity index (χ1) is 14.0. The number of hydrogen-bond acceptors (Lipinski definition) is 6. The molecule has 0 heterocycles. The zero-order valence-corrected chi connectivity index (χ0v) is 17.3. The molecule has 2 aromatic rings. The maximum atomic E-state index is 12.2. The van der Waals surface area contributed by atoms with Crippen molar-refractivity contribution < 1.29 is 36.3 Å². The van der Waals surface area contributed by atoms with Gasteiger partial charge in [-0.3, -0.25) is 4.79 Å². The lowest BCUT2D eigenvalue weighted by molar-refractivity contribution is -0.119. The molecule has 0 aliphatic carbocycles. The van der Waals surface area contributed by atoms with Gasteiger partial charge in [-0.1, -0.05) is 11.6 Å². The zero-order chi connectivity index (χ0) is 22.5. The summed E-state index contributed by atoms with van der Waals surface area (Å²) >= 11 is 5.79. The third kappa shape index (κ3) is 6.12. The van der Waals surface area contributed by atoms with Gasteiger partial charge in [0.25, 0.3) is 5.91 Å². The number of esters is 1.